The average molecular weight is 257 g/mol. The Bertz CT molecular complexity index is 562. The number of hydrogen-bond acceptors (Lipinski definition) is 4. The zero-order valence-electron chi connectivity index (χ0n) is 11.3. The molecule has 0 unspecified atom stereocenters. The standard InChI is InChI=1S/C14H19N5/c1-10-5-3-4-6-12(10)13-16-14(18-17-13)19-8-7-15-11(2)9-19/h3-6,11,15H,7-9H2,1-2H3,(H,16,17,18)/t11-/m0/s1. The summed E-state index contributed by atoms with van der Waals surface area (Å²) in [6.45, 7) is 7.15. The molecule has 0 spiro atoms. The van der Waals surface area contributed by atoms with Crippen LogP contribution in [0.1, 0.15) is 12.5 Å². The van der Waals surface area contributed by atoms with Crippen molar-refractivity contribution in [1.82, 2.24) is 20.5 Å². The summed E-state index contributed by atoms with van der Waals surface area (Å²) >= 11 is 0. The molecule has 0 bridgehead atoms. The van der Waals surface area contributed by atoms with Gasteiger partial charge in [0.05, 0.1) is 0 Å². The lowest BCUT2D eigenvalue weighted by Gasteiger charge is -2.30. The molecule has 2 N–H and O–H groups in total. The van der Waals surface area contributed by atoms with Crippen LogP contribution in [-0.2, 0) is 0 Å². The molecule has 5 heteroatoms. The van der Waals surface area contributed by atoms with Crippen molar-refractivity contribution >= 4 is 5.95 Å². The monoisotopic (exact) mass is 257 g/mol. The van der Waals surface area contributed by atoms with Crippen LogP contribution in [0.2, 0.25) is 0 Å². The molecule has 3 rings (SSSR count). The van der Waals surface area contributed by atoms with Crippen molar-refractivity contribution in [2.24, 2.45) is 0 Å². The lowest BCUT2D eigenvalue weighted by molar-refractivity contribution is 0.480. The van der Waals surface area contributed by atoms with E-state index >= 15 is 0 Å². The van der Waals surface area contributed by atoms with Crippen LogP contribution in [0.4, 0.5) is 5.95 Å². The van der Waals surface area contributed by atoms with Crippen LogP contribution in [-0.4, -0.2) is 40.9 Å². The highest BCUT2D eigenvalue weighted by molar-refractivity contribution is 5.60. The van der Waals surface area contributed by atoms with Gasteiger partial charge in [0.1, 0.15) is 0 Å². The van der Waals surface area contributed by atoms with Crippen molar-refractivity contribution in [3.8, 4) is 11.4 Å². The molecule has 1 aromatic heterocycles. The summed E-state index contributed by atoms with van der Waals surface area (Å²) in [4.78, 5) is 6.85. The fraction of sp³-hybridized carbons (Fsp3) is 0.429. The van der Waals surface area contributed by atoms with Crippen LogP contribution >= 0.6 is 0 Å². The fourth-order valence-electron chi connectivity index (χ4n) is 2.47. The van der Waals surface area contributed by atoms with E-state index in [4.69, 9.17) is 0 Å². The second-order valence-electron chi connectivity index (χ2n) is 5.10. The lowest BCUT2D eigenvalue weighted by atomic mass is 10.1. The van der Waals surface area contributed by atoms with Gasteiger partial charge in [-0.2, -0.15) is 4.98 Å². The minimum absolute atomic E-state index is 0.481. The first-order valence-electron chi connectivity index (χ1n) is 6.71. The molecule has 19 heavy (non-hydrogen) atoms. The summed E-state index contributed by atoms with van der Waals surface area (Å²) in [6, 6.07) is 8.70. The molecule has 1 saturated heterocycles. The van der Waals surface area contributed by atoms with Gasteiger partial charge in [-0.1, -0.05) is 24.3 Å². The number of benzene rings is 1. The second kappa shape index (κ2) is 5.01. The highest BCUT2D eigenvalue weighted by Crippen LogP contribution is 2.21. The van der Waals surface area contributed by atoms with Crippen LogP contribution in [0.25, 0.3) is 11.4 Å². The number of piperazine rings is 1. The summed E-state index contributed by atoms with van der Waals surface area (Å²) in [5, 5.41) is 10.8. The number of aryl methyl sites for hydroxylation is 1. The van der Waals surface area contributed by atoms with Crippen molar-refractivity contribution in [3.05, 3.63) is 29.8 Å². The highest BCUT2D eigenvalue weighted by atomic mass is 15.4. The van der Waals surface area contributed by atoms with Gasteiger partial charge >= 0.3 is 0 Å². The van der Waals surface area contributed by atoms with E-state index < -0.39 is 0 Å². The summed E-state index contributed by atoms with van der Waals surface area (Å²) in [5.74, 6) is 1.64. The first-order chi connectivity index (χ1) is 9.24. The van der Waals surface area contributed by atoms with Crippen molar-refractivity contribution in [2.45, 2.75) is 19.9 Å². The Morgan fingerprint density at radius 3 is 2.95 bits per heavy atom. The molecule has 1 aromatic carbocycles. The van der Waals surface area contributed by atoms with Crippen LogP contribution in [0, 0.1) is 6.92 Å². The fourth-order valence-corrected chi connectivity index (χ4v) is 2.47. The Kier molecular flexibility index (Phi) is 3.21. The number of aromatic nitrogens is 3. The molecule has 0 amide bonds. The van der Waals surface area contributed by atoms with E-state index in [0.717, 1.165) is 37.0 Å². The smallest absolute Gasteiger partial charge is 0.245 e. The molecular formula is C14H19N5. The molecule has 2 heterocycles. The number of nitrogens with zero attached hydrogens (tertiary/aromatic N) is 3. The number of anilines is 1. The Balaban J connectivity index is 1.85. The van der Waals surface area contributed by atoms with Crippen LogP contribution < -0.4 is 10.2 Å². The molecule has 1 atom stereocenters. The van der Waals surface area contributed by atoms with Gasteiger partial charge in [-0.25, -0.2) is 0 Å². The third-order valence-electron chi connectivity index (χ3n) is 3.53. The predicted molar refractivity (Wildman–Crippen MR) is 76.2 cm³/mol. The van der Waals surface area contributed by atoms with Crippen LogP contribution in [0.15, 0.2) is 24.3 Å². The van der Waals surface area contributed by atoms with Gasteiger partial charge in [0.2, 0.25) is 5.95 Å². The van der Waals surface area contributed by atoms with E-state index in [9.17, 15) is 0 Å². The van der Waals surface area contributed by atoms with Gasteiger partial charge in [0, 0.05) is 31.2 Å². The minimum Gasteiger partial charge on any atom is -0.337 e. The number of hydrogen-bond donors (Lipinski definition) is 2. The van der Waals surface area contributed by atoms with Gasteiger partial charge < -0.3 is 10.2 Å². The molecular weight excluding hydrogens is 238 g/mol. The molecule has 1 aliphatic rings. The summed E-state index contributed by atoms with van der Waals surface area (Å²) in [5.41, 5.74) is 2.32. The predicted octanol–water partition coefficient (Wildman–Crippen LogP) is 1.58. The Hall–Kier alpha value is -1.88. The number of rotatable bonds is 2. The van der Waals surface area contributed by atoms with E-state index in [2.05, 4.69) is 51.4 Å². The van der Waals surface area contributed by atoms with E-state index in [1.807, 2.05) is 12.1 Å². The second-order valence-corrected chi connectivity index (χ2v) is 5.10. The molecule has 1 fully saturated rings. The average Bonchev–Trinajstić information content (AvgIpc) is 2.89. The minimum atomic E-state index is 0.481. The zero-order chi connectivity index (χ0) is 13.2. The molecule has 0 radical (unpaired) electrons. The third-order valence-corrected chi connectivity index (χ3v) is 3.53. The number of H-pyrrole nitrogens is 1. The van der Waals surface area contributed by atoms with Gasteiger partial charge in [0.15, 0.2) is 5.82 Å². The molecule has 0 aliphatic carbocycles. The highest BCUT2D eigenvalue weighted by Gasteiger charge is 2.19. The van der Waals surface area contributed by atoms with E-state index in [0.29, 0.717) is 6.04 Å². The quantitative estimate of drug-likeness (QED) is 0.857. The maximum Gasteiger partial charge on any atom is 0.245 e. The van der Waals surface area contributed by atoms with Gasteiger partial charge in [0.25, 0.3) is 0 Å². The lowest BCUT2D eigenvalue weighted by Crippen LogP contribution is -2.49. The molecule has 0 saturated carbocycles. The molecule has 2 aromatic rings. The van der Waals surface area contributed by atoms with Crippen molar-refractivity contribution < 1.29 is 0 Å². The zero-order valence-corrected chi connectivity index (χ0v) is 11.3. The molecule has 5 nitrogen and oxygen atoms in total. The van der Waals surface area contributed by atoms with Crippen LogP contribution in [0.3, 0.4) is 0 Å². The van der Waals surface area contributed by atoms with Crippen molar-refractivity contribution in [1.29, 1.82) is 0 Å². The summed E-state index contributed by atoms with van der Waals surface area (Å²) < 4.78 is 0. The van der Waals surface area contributed by atoms with Gasteiger partial charge in [-0.3, -0.25) is 5.10 Å². The summed E-state index contributed by atoms with van der Waals surface area (Å²) in [7, 11) is 0. The van der Waals surface area contributed by atoms with Crippen LogP contribution in [0.5, 0.6) is 0 Å². The molecule has 1 aliphatic heterocycles. The normalized spacial score (nSPS) is 19.7. The Morgan fingerprint density at radius 2 is 2.16 bits per heavy atom. The van der Waals surface area contributed by atoms with Gasteiger partial charge in [-0.15, -0.1) is 5.10 Å². The number of nitrogens with one attached hydrogen (secondary N) is 2. The van der Waals surface area contributed by atoms with Crippen molar-refractivity contribution in [3.63, 3.8) is 0 Å². The van der Waals surface area contributed by atoms with E-state index in [1.165, 1.54) is 5.56 Å². The first-order valence-corrected chi connectivity index (χ1v) is 6.71. The maximum absolute atomic E-state index is 4.63. The maximum atomic E-state index is 4.63. The van der Waals surface area contributed by atoms with Crippen molar-refractivity contribution in [2.75, 3.05) is 24.5 Å². The van der Waals surface area contributed by atoms with E-state index in [-0.39, 0.29) is 0 Å². The molecule has 100 valence electrons. The Labute approximate surface area is 113 Å². The number of aromatic amines is 1. The van der Waals surface area contributed by atoms with Gasteiger partial charge in [-0.05, 0) is 19.4 Å². The summed E-state index contributed by atoms with van der Waals surface area (Å²) in [6.07, 6.45) is 0. The first kappa shape index (κ1) is 12.2. The topological polar surface area (TPSA) is 56.8 Å². The van der Waals surface area contributed by atoms with E-state index in [1.54, 1.807) is 0 Å². The Morgan fingerprint density at radius 1 is 1.32 bits per heavy atom. The third kappa shape index (κ3) is 2.46. The largest absolute Gasteiger partial charge is 0.337 e. The SMILES string of the molecule is Cc1ccccc1-c1nc(N2CCN[C@@H](C)C2)n[nH]1.